The highest BCUT2D eigenvalue weighted by atomic mass is 32.1. The summed E-state index contributed by atoms with van der Waals surface area (Å²) in [6, 6.07) is 6.34. The Hall–Kier alpha value is -1.46. The number of rotatable bonds is 4. The maximum Gasteiger partial charge on any atom is 0.187 e. The van der Waals surface area contributed by atoms with Crippen LogP contribution in [0.15, 0.2) is 29.6 Å². The van der Waals surface area contributed by atoms with E-state index in [0.717, 1.165) is 17.0 Å². The highest BCUT2D eigenvalue weighted by Gasteiger charge is 2.11. The third kappa shape index (κ3) is 2.86. The number of hydrogen-bond acceptors (Lipinski definition) is 3. The summed E-state index contributed by atoms with van der Waals surface area (Å²) in [6.07, 6.45) is 0. The number of benzene rings is 1. The molecule has 5 heteroatoms. The van der Waals surface area contributed by atoms with E-state index in [0.29, 0.717) is 12.1 Å². The Morgan fingerprint density at radius 1 is 1.33 bits per heavy atom. The normalized spacial score (nSPS) is 12.6. The van der Waals surface area contributed by atoms with Crippen LogP contribution >= 0.6 is 11.3 Å². The summed E-state index contributed by atoms with van der Waals surface area (Å²) < 4.78 is 26.2. The highest BCUT2D eigenvalue weighted by molar-refractivity contribution is 7.10. The average Bonchev–Trinajstić information content (AvgIpc) is 2.86. The average molecular weight is 269 g/mol. The van der Waals surface area contributed by atoms with Gasteiger partial charge < -0.3 is 10.4 Å². The van der Waals surface area contributed by atoms with E-state index in [4.69, 9.17) is 5.11 Å². The largest absolute Gasteiger partial charge is 0.503 e. The van der Waals surface area contributed by atoms with E-state index in [1.807, 2.05) is 24.4 Å². The van der Waals surface area contributed by atoms with E-state index < -0.39 is 17.4 Å². The lowest BCUT2D eigenvalue weighted by Gasteiger charge is -2.12. The van der Waals surface area contributed by atoms with Crippen molar-refractivity contribution in [2.24, 2.45) is 0 Å². The van der Waals surface area contributed by atoms with E-state index in [9.17, 15) is 8.78 Å². The van der Waals surface area contributed by atoms with Crippen LogP contribution in [0.3, 0.4) is 0 Å². The molecule has 0 amide bonds. The maximum atomic E-state index is 13.1. The molecule has 1 unspecified atom stereocenters. The van der Waals surface area contributed by atoms with Gasteiger partial charge in [-0.15, -0.1) is 11.3 Å². The molecular formula is C13H13F2NOS. The van der Waals surface area contributed by atoms with Gasteiger partial charge in [0, 0.05) is 17.5 Å². The molecule has 1 heterocycles. The van der Waals surface area contributed by atoms with Gasteiger partial charge in [-0.25, -0.2) is 8.78 Å². The first-order chi connectivity index (χ1) is 8.58. The molecule has 18 heavy (non-hydrogen) atoms. The molecule has 2 aromatic rings. The zero-order chi connectivity index (χ0) is 13.1. The van der Waals surface area contributed by atoms with Crippen LogP contribution in [0.5, 0.6) is 5.75 Å². The zero-order valence-electron chi connectivity index (χ0n) is 9.78. The molecule has 0 saturated carbocycles. The molecule has 2 rings (SSSR count). The van der Waals surface area contributed by atoms with Crippen molar-refractivity contribution >= 4 is 11.3 Å². The van der Waals surface area contributed by atoms with Crippen LogP contribution in [-0.4, -0.2) is 5.11 Å². The fourth-order valence-corrected chi connectivity index (χ4v) is 2.39. The first kappa shape index (κ1) is 13.0. The van der Waals surface area contributed by atoms with Gasteiger partial charge in [0.2, 0.25) is 0 Å². The minimum atomic E-state index is -0.935. The van der Waals surface area contributed by atoms with Crippen LogP contribution in [0.25, 0.3) is 0 Å². The van der Waals surface area contributed by atoms with Gasteiger partial charge in [0.1, 0.15) is 0 Å². The Morgan fingerprint density at radius 2 is 2.00 bits per heavy atom. The van der Waals surface area contributed by atoms with E-state index in [2.05, 4.69) is 5.32 Å². The molecule has 1 aromatic heterocycles. The molecule has 2 nitrogen and oxygen atoms in total. The van der Waals surface area contributed by atoms with Crippen molar-refractivity contribution in [1.29, 1.82) is 0 Å². The Balaban J connectivity index is 2.02. The van der Waals surface area contributed by atoms with Gasteiger partial charge in [-0.2, -0.15) is 0 Å². The summed E-state index contributed by atoms with van der Waals surface area (Å²) in [5.41, 5.74) is 0.464. The standard InChI is InChI=1S/C13H13F2NOS/c1-8(12-3-2-4-18-12)16-7-9-5-10(14)13(17)11(15)6-9/h2-6,8,16-17H,7H2,1H3. The third-order valence-corrected chi connectivity index (χ3v) is 3.71. The lowest BCUT2D eigenvalue weighted by Crippen LogP contribution is -2.17. The molecule has 0 radical (unpaired) electrons. The van der Waals surface area contributed by atoms with Crippen molar-refractivity contribution in [1.82, 2.24) is 5.32 Å². The van der Waals surface area contributed by atoms with Gasteiger partial charge in [-0.05, 0) is 36.1 Å². The quantitative estimate of drug-likeness (QED) is 0.889. The van der Waals surface area contributed by atoms with Gasteiger partial charge in [0.25, 0.3) is 0 Å². The number of halogens is 2. The summed E-state index contributed by atoms with van der Waals surface area (Å²) >= 11 is 1.62. The summed E-state index contributed by atoms with van der Waals surface area (Å²) in [7, 11) is 0. The summed E-state index contributed by atoms with van der Waals surface area (Å²) in [5, 5.41) is 14.1. The Morgan fingerprint density at radius 3 is 2.56 bits per heavy atom. The van der Waals surface area contributed by atoms with Crippen LogP contribution < -0.4 is 5.32 Å². The van der Waals surface area contributed by atoms with Crippen molar-refractivity contribution in [3.05, 3.63) is 51.7 Å². The van der Waals surface area contributed by atoms with Gasteiger partial charge in [0.05, 0.1) is 0 Å². The number of phenolic OH excluding ortho intramolecular Hbond substituents is 1. The molecule has 0 aliphatic heterocycles. The second kappa shape index (κ2) is 5.46. The topological polar surface area (TPSA) is 32.3 Å². The molecule has 0 spiro atoms. The molecule has 1 aromatic carbocycles. The molecule has 0 saturated heterocycles. The van der Waals surface area contributed by atoms with Gasteiger partial charge in [0.15, 0.2) is 17.4 Å². The second-order valence-corrected chi connectivity index (χ2v) is 5.01. The predicted octanol–water partition coefficient (Wildman–Crippen LogP) is 3.58. The van der Waals surface area contributed by atoms with E-state index >= 15 is 0 Å². The van der Waals surface area contributed by atoms with E-state index in [1.54, 1.807) is 11.3 Å². The second-order valence-electron chi connectivity index (χ2n) is 4.03. The van der Waals surface area contributed by atoms with Crippen molar-refractivity contribution in [3.63, 3.8) is 0 Å². The summed E-state index contributed by atoms with van der Waals surface area (Å²) in [4.78, 5) is 1.16. The van der Waals surface area contributed by atoms with Crippen LogP contribution in [0.2, 0.25) is 0 Å². The minimum Gasteiger partial charge on any atom is -0.503 e. The molecule has 96 valence electrons. The third-order valence-electron chi connectivity index (χ3n) is 2.66. The number of thiophene rings is 1. The Bertz CT molecular complexity index is 505. The monoisotopic (exact) mass is 269 g/mol. The predicted molar refractivity (Wildman–Crippen MR) is 67.6 cm³/mol. The number of phenols is 1. The lowest BCUT2D eigenvalue weighted by molar-refractivity contribution is 0.394. The van der Waals surface area contributed by atoms with Crippen LogP contribution in [-0.2, 0) is 6.54 Å². The van der Waals surface area contributed by atoms with Crippen LogP contribution in [0, 0.1) is 11.6 Å². The summed E-state index contributed by atoms with van der Waals surface area (Å²) in [6.45, 7) is 2.33. The zero-order valence-corrected chi connectivity index (χ0v) is 10.6. The Kier molecular flexibility index (Phi) is 3.93. The van der Waals surface area contributed by atoms with Crippen molar-refractivity contribution in [3.8, 4) is 5.75 Å². The maximum absolute atomic E-state index is 13.1. The number of nitrogens with one attached hydrogen (secondary N) is 1. The SMILES string of the molecule is CC(NCc1cc(F)c(O)c(F)c1)c1cccs1. The van der Waals surface area contributed by atoms with Gasteiger partial charge in [-0.3, -0.25) is 0 Å². The van der Waals surface area contributed by atoms with Gasteiger partial charge in [-0.1, -0.05) is 6.07 Å². The van der Waals surface area contributed by atoms with Crippen LogP contribution in [0.1, 0.15) is 23.4 Å². The first-order valence-electron chi connectivity index (χ1n) is 5.51. The van der Waals surface area contributed by atoms with Gasteiger partial charge >= 0.3 is 0 Å². The number of hydrogen-bond donors (Lipinski definition) is 2. The molecule has 0 bridgehead atoms. The minimum absolute atomic E-state index is 0.116. The molecule has 0 aliphatic rings. The number of aromatic hydroxyl groups is 1. The molecule has 0 aliphatic carbocycles. The molecule has 0 fully saturated rings. The molecular weight excluding hydrogens is 256 g/mol. The molecule has 2 N–H and O–H groups in total. The van der Waals surface area contributed by atoms with E-state index in [-0.39, 0.29) is 6.04 Å². The molecule has 1 atom stereocenters. The van der Waals surface area contributed by atoms with Crippen molar-refractivity contribution in [2.75, 3.05) is 0 Å². The fourth-order valence-electron chi connectivity index (χ4n) is 1.63. The highest BCUT2D eigenvalue weighted by Crippen LogP contribution is 2.22. The first-order valence-corrected chi connectivity index (χ1v) is 6.39. The van der Waals surface area contributed by atoms with Crippen molar-refractivity contribution in [2.45, 2.75) is 19.5 Å². The lowest BCUT2D eigenvalue weighted by atomic mass is 10.2. The smallest absolute Gasteiger partial charge is 0.187 e. The fraction of sp³-hybridized carbons (Fsp3) is 0.231. The Labute approximate surface area is 108 Å². The van der Waals surface area contributed by atoms with Crippen LogP contribution in [0.4, 0.5) is 8.78 Å². The van der Waals surface area contributed by atoms with E-state index in [1.165, 1.54) is 0 Å². The summed E-state index contributed by atoms with van der Waals surface area (Å²) in [5.74, 6) is -2.80. The van der Waals surface area contributed by atoms with Crippen molar-refractivity contribution < 1.29 is 13.9 Å².